The molecule has 0 bridgehead atoms. The molecule has 0 spiro atoms. The van der Waals surface area contributed by atoms with Crippen LogP contribution in [0.2, 0.25) is 0 Å². The largest absolute Gasteiger partial charge is 0.468 e. The molecule has 4 nitrogen and oxygen atoms in total. The van der Waals surface area contributed by atoms with Crippen molar-refractivity contribution in [1.29, 1.82) is 0 Å². The lowest BCUT2D eigenvalue weighted by Crippen LogP contribution is -2.02. The van der Waals surface area contributed by atoms with Crippen molar-refractivity contribution in [3.63, 3.8) is 0 Å². The number of carbonyl (C=O) groups excluding carboxylic acids is 1. The molecule has 1 aromatic heterocycles. The monoisotopic (exact) mass is 218 g/mol. The molecule has 1 rings (SSSR count). The molecule has 0 fully saturated rings. The summed E-state index contributed by atoms with van der Waals surface area (Å²) in [5.41, 5.74) is 0. The fraction of sp³-hybridized carbons (Fsp3) is 0.571. The van der Waals surface area contributed by atoms with Gasteiger partial charge in [0.1, 0.15) is 5.82 Å². The van der Waals surface area contributed by atoms with E-state index < -0.39 is 0 Å². The quantitative estimate of drug-likeness (QED) is 0.564. The molecule has 72 valence electrons. The number of rotatable bonds is 4. The summed E-state index contributed by atoms with van der Waals surface area (Å²) in [6, 6.07) is 0. The van der Waals surface area contributed by atoms with E-state index in [0.717, 1.165) is 16.6 Å². The van der Waals surface area contributed by atoms with Gasteiger partial charge >= 0.3 is 5.97 Å². The number of thioether (sulfide) groups is 1. The molecule has 0 atom stereocenters. The van der Waals surface area contributed by atoms with Crippen LogP contribution >= 0.6 is 23.3 Å². The van der Waals surface area contributed by atoms with Crippen LogP contribution in [0.4, 0.5) is 0 Å². The average Bonchev–Trinajstić information content (AvgIpc) is 2.61. The molecule has 0 saturated heterocycles. The summed E-state index contributed by atoms with van der Waals surface area (Å²) in [4.78, 5) is 15.0. The topological polar surface area (TPSA) is 52.1 Å². The number of carbonyl (C=O) groups is 1. The van der Waals surface area contributed by atoms with Gasteiger partial charge in [-0.3, -0.25) is 4.79 Å². The molecule has 6 heteroatoms. The van der Waals surface area contributed by atoms with E-state index in [0.29, 0.717) is 5.75 Å². The van der Waals surface area contributed by atoms with E-state index in [1.54, 1.807) is 0 Å². The highest BCUT2D eigenvalue weighted by Crippen LogP contribution is 2.19. The van der Waals surface area contributed by atoms with E-state index in [1.165, 1.54) is 30.4 Å². The van der Waals surface area contributed by atoms with Crippen LogP contribution in [0.15, 0.2) is 4.34 Å². The predicted octanol–water partition coefficient (Wildman–Crippen LogP) is 1.37. The molecular weight excluding hydrogens is 208 g/mol. The predicted molar refractivity (Wildman–Crippen MR) is 52.0 cm³/mol. The van der Waals surface area contributed by atoms with E-state index in [2.05, 4.69) is 14.1 Å². The zero-order chi connectivity index (χ0) is 9.68. The molecule has 1 heterocycles. The Bertz CT molecular complexity index is 288. The summed E-state index contributed by atoms with van der Waals surface area (Å²) in [5.74, 6) is 0.894. The van der Waals surface area contributed by atoms with Crippen LogP contribution in [0.25, 0.3) is 0 Å². The Hall–Kier alpha value is -0.620. The number of aromatic nitrogens is 2. The molecule has 13 heavy (non-hydrogen) atoms. The Balaban J connectivity index is 2.41. The fourth-order valence-corrected chi connectivity index (χ4v) is 2.15. The molecule has 0 aliphatic carbocycles. The maximum atomic E-state index is 10.8. The second kappa shape index (κ2) is 5.18. The molecule has 0 radical (unpaired) electrons. The molecule has 0 N–H and O–H groups in total. The molecule has 0 aliphatic rings. The third-order valence-electron chi connectivity index (χ3n) is 1.31. The normalized spacial score (nSPS) is 10.0. The highest BCUT2D eigenvalue weighted by Gasteiger charge is 2.06. The Morgan fingerprint density at radius 1 is 1.69 bits per heavy atom. The van der Waals surface area contributed by atoms with Crippen molar-refractivity contribution < 1.29 is 9.53 Å². The molecule has 0 aliphatic heterocycles. The Kier molecular flexibility index (Phi) is 4.17. The van der Waals surface area contributed by atoms with Crippen molar-refractivity contribution in [3.8, 4) is 0 Å². The summed E-state index contributed by atoms with van der Waals surface area (Å²) in [6.45, 7) is 2.00. The number of esters is 1. The average molecular weight is 218 g/mol. The third-order valence-corrected chi connectivity index (χ3v) is 3.15. The standard InChI is InChI=1S/C7H10N2O2S2/c1-3-5-8-7(13-9-5)12-4-6(10)11-2/h3-4H2,1-2H3. The third kappa shape index (κ3) is 3.31. The van der Waals surface area contributed by atoms with Gasteiger partial charge in [-0.15, -0.1) is 0 Å². The number of nitrogens with zero attached hydrogens (tertiary/aromatic N) is 2. The molecule has 1 aromatic rings. The lowest BCUT2D eigenvalue weighted by molar-refractivity contribution is -0.137. The van der Waals surface area contributed by atoms with Gasteiger partial charge in [0.15, 0.2) is 4.34 Å². The second-order valence-electron chi connectivity index (χ2n) is 2.19. The van der Waals surface area contributed by atoms with E-state index in [4.69, 9.17) is 0 Å². The smallest absolute Gasteiger partial charge is 0.316 e. The van der Waals surface area contributed by atoms with Gasteiger partial charge in [0.05, 0.1) is 12.9 Å². The maximum absolute atomic E-state index is 10.8. The minimum absolute atomic E-state index is 0.238. The zero-order valence-electron chi connectivity index (χ0n) is 7.44. The first-order valence-electron chi connectivity index (χ1n) is 3.78. The lowest BCUT2D eigenvalue weighted by Gasteiger charge is -1.94. The minimum Gasteiger partial charge on any atom is -0.468 e. The molecule has 0 saturated carbocycles. The van der Waals surface area contributed by atoms with Gasteiger partial charge in [-0.05, 0) is 11.5 Å². The van der Waals surface area contributed by atoms with Crippen molar-refractivity contribution in [1.82, 2.24) is 9.36 Å². The van der Waals surface area contributed by atoms with E-state index >= 15 is 0 Å². The van der Waals surface area contributed by atoms with Crippen LogP contribution in [-0.4, -0.2) is 28.2 Å². The van der Waals surface area contributed by atoms with Gasteiger partial charge in [-0.2, -0.15) is 4.37 Å². The molecule has 0 unspecified atom stereocenters. The zero-order valence-corrected chi connectivity index (χ0v) is 9.07. The van der Waals surface area contributed by atoms with Crippen LogP contribution < -0.4 is 0 Å². The Labute approximate surface area is 84.9 Å². The van der Waals surface area contributed by atoms with Crippen LogP contribution in [-0.2, 0) is 16.0 Å². The molecule has 0 aromatic carbocycles. The SMILES string of the molecule is CCc1nsc(SCC(=O)OC)n1. The fourth-order valence-electron chi connectivity index (χ4n) is 0.620. The van der Waals surface area contributed by atoms with E-state index in [9.17, 15) is 4.79 Å². The first-order valence-corrected chi connectivity index (χ1v) is 5.54. The second-order valence-corrected chi connectivity index (χ2v) is 4.17. The van der Waals surface area contributed by atoms with Gasteiger partial charge < -0.3 is 4.74 Å². The summed E-state index contributed by atoms with van der Waals surface area (Å²) in [5, 5.41) is 0. The number of aryl methyl sites for hydroxylation is 1. The van der Waals surface area contributed by atoms with Gasteiger partial charge in [0, 0.05) is 6.42 Å². The van der Waals surface area contributed by atoms with Crippen molar-refractivity contribution >= 4 is 29.3 Å². The summed E-state index contributed by atoms with van der Waals surface area (Å²) < 4.78 is 9.42. The van der Waals surface area contributed by atoms with Gasteiger partial charge in [-0.1, -0.05) is 18.7 Å². The number of methoxy groups -OCH3 is 1. The molecular formula is C7H10N2O2S2. The highest BCUT2D eigenvalue weighted by molar-refractivity contribution is 8.01. The highest BCUT2D eigenvalue weighted by atomic mass is 32.2. The van der Waals surface area contributed by atoms with Crippen molar-refractivity contribution in [2.75, 3.05) is 12.9 Å². The Morgan fingerprint density at radius 3 is 3.00 bits per heavy atom. The minimum atomic E-state index is -0.238. The van der Waals surface area contributed by atoms with Crippen molar-refractivity contribution in [2.24, 2.45) is 0 Å². The van der Waals surface area contributed by atoms with Crippen LogP contribution in [0, 0.1) is 0 Å². The van der Waals surface area contributed by atoms with E-state index in [-0.39, 0.29) is 5.97 Å². The first-order chi connectivity index (χ1) is 6.26. The van der Waals surface area contributed by atoms with Gasteiger partial charge in [0.25, 0.3) is 0 Å². The summed E-state index contributed by atoms with van der Waals surface area (Å²) in [7, 11) is 1.38. The van der Waals surface area contributed by atoms with Gasteiger partial charge in [0.2, 0.25) is 0 Å². The van der Waals surface area contributed by atoms with Crippen molar-refractivity contribution in [3.05, 3.63) is 5.82 Å². The maximum Gasteiger partial charge on any atom is 0.316 e. The lowest BCUT2D eigenvalue weighted by atomic mass is 10.5. The van der Waals surface area contributed by atoms with Crippen LogP contribution in [0.3, 0.4) is 0 Å². The van der Waals surface area contributed by atoms with Crippen LogP contribution in [0.1, 0.15) is 12.7 Å². The number of ether oxygens (including phenoxy) is 1. The number of hydrogen-bond acceptors (Lipinski definition) is 6. The Morgan fingerprint density at radius 2 is 2.46 bits per heavy atom. The summed E-state index contributed by atoms with van der Waals surface area (Å²) >= 11 is 2.68. The van der Waals surface area contributed by atoms with Gasteiger partial charge in [-0.25, -0.2) is 4.98 Å². The van der Waals surface area contributed by atoms with Crippen LogP contribution in [0.5, 0.6) is 0 Å². The number of hydrogen-bond donors (Lipinski definition) is 0. The van der Waals surface area contributed by atoms with Crippen molar-refractivity contribution in [2.45, 2.75) is 17.7 Å². The summed E-state index contributed by atoms with van der Waals surface area (Å²) in [6.07, 6.45) is 0.829. The first kappa shape index (κ1) is 10.5. The molecule has 0 amide bonds. The van der Waals surface area contributed by atoms with E-state index in [1.807, 2.05) is 6.92 Å².